The predicted molar refractivity (Wildman–Crippen MR) is 112 cm³/mol. The van der Waals surface area contributed by atoms with E-state index in [1.165, 1.54) is 38.5 Å². The number of primary amides is 1. The van der Waals surface area contributed by atoms with Gasteiger partial charge in [0.1, 0.15) is 17.0 Å². The summed E-state index contributed by atoms with van der Waals surface area (Å²) in [6.45, 7) is 2.34. The number of aromatic nitrogens is 2. The van der Waals surface area contributed by atoms with E-state index >= 15 is 0 Å². The van der Waals surface area contributed by atoms with Gasteiger partial charge in [-0.05, 0) is 80.8 Å². The van der Waals surface area contributed by atoms with Crippen LogP contribution in [0, 0.1) is 23.2 Å². The number of amides is 2. The maximum absolute atomic E-state index is 13.2. The van der Waals surface area contributed by atoms with Gasteiger partial charge in [0, 0.05) is 13.0 Å². The van der Waals surface area contributed by atoms with Gasteiger partial charge in [-0.2, -0.15) is 0 Å². The first-order valence-corrected chi connectivity index (χ1v) is 11.1. The van der Waals surface area contributed by atoms with Gasteiger partial charge in [0.2, 0.25) is 0 Å². The van der Waals surface area contributed by atoms with Crippen molar-refractivity contribution in [1.29, 1.82) is 0 Å². The molecule has 0 aromatic carbocycles. The molecule has 4 aliphatic rings. The number of carbonyl (C=O) groups excluding carboxylic acids is 2. The molecule has 0 unspecified atom stereocenters. The second-order valence-corrected chi connectivity index (χ2v) is 10.0. The zero-order chi connectivity index (χ0) is 21.0. The van der Waals surface area contributed by atoms with Gasteiger partial charge in [-0.1, -0.05) is 6.07 Å². The van der Waals surface area contributed by atoms with Crippen molar-refractivity contribution in [3.8, 4) is 0 Å². The lowest BCUT2D eigenvalue weighted by atomic mass is 9.49. The smallest absolute Gasteiger partial charge is 0.269 e. The standard InChI is InChI=1S/C23H30N4O3/c1-13(28)5-18-20(21(24)29)26-19-4-2-3-17(27(18)19)22(30)25-12-23-9-14-6-15(10-23)8-16(7-14)11-23/h2-4,13-16,28H,5-12H2,1H3,(H2,24,29)(H,25,30)/t13-,14?,15?,16?,23?/m1/s1. The minimum absolute atomic E-state index is 0.109. The molecule has 2 heterocycles. The molecule has 6 rings (SSSR count). The Labute approximate surface area is 176 Å². The molecule has 0 spiro atoms. The lowest BCUT2D eigenvalue weighted by molar-refractivity contribution is -0.0503. The van der Waals surface area contributed by atoms with Crippen molar-refractivity contribution < 1.29 is 14.7 Å². The fraction of sp³-hybridized carbons (Fsp3) is 0.609. The van der Waals surface area contributed by atoms with Crippen LogP contribution in [0.5, 0.6) is 0 Å². The highest BCUT2D eigenvalue weighted by molar-refractivity contribution is 5.96. The Kier molecular flexibility index (Phi) is 4.61. The van der Waals surface area contributed by atoms with Crippen LogP contribution in [0.15, 0.2) is 18.2 Å². The number of aliphatic hydroxyl groups is 1. The van der Waals surface area contributed by atoms with Gasteiger partial charge in [-0.15, -0.1) is 0 Å². The summed E-state index contributed by atoms with van der Waals surface area (Å²) in [5, 5.41) is 13.1. The highest BCUT2D eigenvalue weighted by atomic mass is 16.3. The third kappa shape index (κ3) is 3.29. The number of hydrogen-bond acceptors (Lipinski definition) is 4. The highest BCUT2D eigenvalue weighted by Gasteiger charge is 2.50. The molecule has 0 aliphatic heterocycles. The number of pyridine rings is 1. The van der Waals surface area contributed by atoms with Crippen LogP contribution in [0.3, 0.4) is 0 Å². The first kappa shape index (κ1) is 19.5. The number of fused-ring (bicyclic) bond motifs is 1. The summed E-state index contributed by atoms with van der Waals surface area (Å²) >= 11 is 0. The SMILES string of the molecule is C[C@@H](O)Cc1c(C(N)=O)nc2cccc(C(=O)NCC34CC5CC(CC(C5)C3)C4)n12. The normalized spacial score (nSPS) is 30.5. The van der Waals surface area contributed by atoms with Gasteiger partial charge in [0.25, 0.3) is 11.8 Å². The maximum atomic E-state index is 13.2. The molecule has 2 amide bonds. The molecule has 4 bridgehead atoms. The minimum atomic E-state index is -0.689. The highest BCUT2D eigenvalue weighted by Crippen LogP contribution is 2.59. The van der Waals surface area contributed by atoms with Crippen molar-refractivity contribution in [3.05, 3.63) is 35.3 Å². The topological polar surface area (TPSA) is 110 Å². The molecule has 4 N–H and O–H groups in total. The van der Waals surface area contributed by atoms with Crippen LogP contribution < -0.4 is 11.1 Å². The summed E-state index contributed by atoms with van der Waals surface area (Å²) in [6.07, 6.45) is 7.32. The summed E-state index contributed by atoms with van der Waals surface area (Å²) in [5.41, 5.74) is 7.26. The molecular formula is C23H30N4O3. The van der Waals surface area contributed by atoms with E-state index in [1.807, 2.05) is 0 Å². The van der Waals surface area contributed by atoms with Gasteiger partial charge < -0.3 is 16.2 Å². The number of carbonyl (C=O) groups is 2. The van der Waals surface area contributed by atoms with E-state index in [0.29, 0.717) is 23.6 Å². The van der Waals surface area contributed by atoms with Crippen molar-refractivity contribution in [2.45, 2.75) is 58.0 Å². The third-order valence-corrected chi connectivity index (χ3v) is 7.48. The van der Waals surface area contributed by atoms with Crippen molar-refractivity contribution >= 4 is 17.5 Å². The number of nitrogens with zero attached hydrogens (tertiary/aromatic N) is 2. The molecule has 4 saturated carbocycles. The molecule has 0 saturated heterocycles. The summed E-state index contributed by atoms with van der Waals surface area (Å²) in [6, 6.07) is 5.24. The molecule has 0 radical (unpaired) electrons. The fourth-order valence-corrected chi connectivity index (χ4v) is 6.86. The Balaban J connectivity index is 1.43. The first-order valence-electron chi connectivity index (χ1n) is 11.1. The Hall–Kier alpha value is -2.41. The fourth-order valence-electron chi connectivity index (χ4n) is 6.86. The molecule has 7 heteroatoms. The van der Waals surface area contributed by atoms with E-state index in [-0.39, 0.29) is 23.4 Å². The maximum Gasteiger partial charge on any atom is 0.269 e. The zero-order valence-electron chi connectivity index (χ0n) is 17.4. The second kappa shape index (κ2) is 7.08. The van der Waals surface area contributed by atoms with Crippen molar-refractivity contribution in [3.63, 3.8) is 0 Å². The molecule has 1 atom stereocenters. The van der Waals surface area contributed by atoms with Crippen LogP contribution in [0.25, 0.3) is 5.65 Å². The molecule has 2 aromatic rings. The summed E-state index contributed by atoms with van der Waals surface area (Å²) in [7, 11) is 0. The number of nitrogens with one attached hydrogen (secondary N) is 1. The number of aliphatic hydroxyl groups excluding tert-OH is 1. The van der Waals surface area contributed by atoms with Crippen molar-refractivity contribution in [2.24, 2.45) is 28.9 Å². The van der Waals surface area contributed by atoms with E-state index in [4.69, 9.17) is 5.73 Å². The number of rotatable bonds is 6. The van der Waals surface area contributed by atoms with Gasteiger partial charge in [-0.3, -0.25) is 14.0 Å². The molecule has 4 aliphatic carbocycles. The molecule has 160 valence electrons. The Morgan fingerprint density at radius 1 is 1.23 bits per heavy atom. The Morgan fingerprint density at radius 2 is 1.87 bits per heavy atom. The average Bonchev–Trinajstić information content (AvgIpc) is 3.03. The van der Waals surface area contributed by atoms with Gasteiger partial charge in [-0.25, -0.2) is 4.98 Å². The van der Waals surface area contributed by atoms with Crippen LogP contribution in [0.4, 0.5) is 0 Å². The quantitative estimate of drug-likeness (QED) is 0.679. The van der Waals surface area contributed by atoms with E-state index in [2.05, 4.69) is 10.3 Å². The summed E-state index contributed by atoms with van der Waals surface area (Å²) < 4.78 is 1.67. The number of hydrogen-bond donors (Lipinski definition) is 3. The third-order valence-electron chi connectivity index (χ3n) is 7.48. The van der Waals surface area contributed by atoms with Crippen LogP contribution in [0.1, 0.15) is 72.1 Å². The Bertz CT molecular complexity index is 974. The van der Waals surface area contributed by atoms with Crippen molar-refractivity contribution in [1.82, 2.24) is 14.7 Å². The molecule has 2 aromatic heterocycles. The molecular weight excluding hydrogens is 380 g/mol. The van der Waals surface area contributed by atoms with E-state index in [1.54, 1.807) is 29.5 Å². The van der Waals surface area contributed by atoms with Gasteiger partial charge in [0.15, 0.2) is 0 Å². The lowest BCUT2D eigenvalue weighted by Gasteiger charge is -2.56. The lowest BCUT2D eigenvalue weighted by Crippen LogP contribution is -2.51. The first-order chi connectivity index (χ1) is 14.3. The number of imidazole rings is 1. The van der Waals surface area contributed by atoms with Crippen LogP contribution >= 0.6 is 0 Å². The Morgan fingerprint density at radius 3 is 2.43 bits per heavy atom. The van der Waals surface area contributed by atoms with E-state index in [0.717, 1.165) is 17.8 Å². The average molecular weight is 411 g/mol. The minimum Gasteiger partial charge on any atom is -0.393 e. The zero-order valence-corrected chi connectivity index (χ0v) is 17.4. The largest absolute Gasteiger partial charge is 0.393 e. The molecule has 4 fully saturated rings. The molecule has 7 nitrogen and oxygen atoms in total. The predicted octanol–water partition coefficient (Wildman–Crippen LogP) is 2.30. The van der Waals surface area contributed by atoms with Crippen LogP contribution in [-0.4, -0.2) is 39.0 Å². The number of nitrogens with two attached hydrogens (primary N) is 1. The van der Waals surface area contributed by atoms with Gasteiger partial charge in [0.05, 0.1) is 11.8 Å². The monoisotopic (exact) mass is 410 g/mol. The van der Waals surface area contributed by atoms with Crippen LogP contribution in [-0.2, 0) is 6.42 Å². The summed E-state index contributed by atoms with van der Waals surface area (Å²) in [4.78, 5) is 29.5. The van der Waals surface area contributed by atoms with E-state index < -0.39 is 12.0 Å². The molecule has 30 heavy (non-hydrogen) atoms. The second-order valence-electron chi connectivity index (χ2n) is 10.0. The van der Waals surface area contributed by atoms with Crippen molar-refractivity contribution in [2.75, 3.05) is 6.54 Å². The van der Waals surface area contributed by atoms with E-state index in [9.17, 15) is 14.7 Å². The van der Waals surface area contributed by atoms with Gasteiger partial charge >= 0.3 is 0 Å². The van der Waals surface area contributed by atoms with Crippen LogP contribution in [0.2, 0.25) is 0 Å². The summed E-state index contributed by atoms with van der Waals surface area (Å²) in [5.74, 6) is 1.67.